The third-order valence-electron chi connectivity index (χ3n) is 6.45. The second kappa shape index (κ2) is 7.34. The molecule has 0 amide bonds. The summed E-state index contributed by atoms with van der Waals surface area (Å²) >= 11 is 0. The molecule has 0 bridgehead atoms. The van der Waals surface area contributed by atoms with E-state index in [1.807, 2.05) is 26.0 Å². The monoisotopic (exact) mass is 377 g/mol. The van der Waals surface area contributed by atoms with Crippen LogP contribution in [0.5, 0.6) is 0 Å². The SMILES string of the molecule is C=N/C=C\C(=C/C)C(C)(O)Cn1c2c(c3cc(C)ccc31)CCN1CCCC21. The van der Waals surface area contributed by atoms with E-state index < -0.39 is 5.60 Å². The Kier molecular flexibility index (Phi) is 5.02. The molecule has 1 aromatic carbocycles. The molecule has 3 heterocycles. The summed E-state index contributed by atoms with van der Waals surface area (Å²) in [6, 6.07) is 7.21. The quantitative estimate of drug-likeness (QED) is 0.613. The molecule has 1 fully saturated rings. The maximum atomic E-state index is 11.4. The summed E-state index contributed by atoms with van der Waals surface area (Å²) in [4.78, 5) is 6.43. The van der Waals surface area contributed by atoms with Gasteiger partial charge in [0.15, 0.2) is 0 Å². The zero-order valence-electron chi connectivity index (χ0n) is 17.3. The van der Waals surface area contributed by atoms with E-state index in [9.17, 15) is 5.11 Å². The van der Waals surface area contributed by atoms with Crippen LogP contribution in [0.25, 0.3) is 10.9 Å². The topological polar surface area (TPSA) is 40.8 Å². The zero-order chi connectivity index (χ0) is 19.9. The van der Waals surface area contributed by atoms with Gasteiger partial charge >= 0.3 is 0 Å². The van der Waals surface area contributed by atoms with Crippen molar-refractivity contribution in [3.8, 4) is 0 Å². The summed E-state index contributed by atoms with van der Waals surface area (Å²) in [5.74, 6) is 0. The predicted molar refractivity (Wildman–Crippen MR) is 117 cm³/mol. The van der Waals surface area contributed by atoms with E-state index in [1.54, 1.807) is 6.20 Å². The van der Waals surface area contributed by atoms with Crippen LogP contribution in [0.4, 0.5) is 0 Å². The minimum absolute atomic E-state index is 0.478. The molecule has 4 nitrogen and oxygen atoms in total. The Hall–Kier alpha value is -2.17. The first-order valence-corrected chi connectivity index (χ1v) is 10.3. The zero-order valence-corrected chi connectivity index (χ0v) is 17.3. The number of benzene rings is 1. The number of fused-ring (bicyclic) bond motifs is 5. The Morgan fingerprint density at radius 1 is 1.39 bits per heavy atom. The Morgan fingerprint density at radius 3 is 2.96 bits per heavy atom. The van der Waals surface area contributed by atoms with Crippen molar-refractivity contribution >= 4 is 17.6 Å². The van der Waals surface area contributed by atoms with Crippen LogP contribution in [0.1, 0.15) is 49.6 Å². The second-order valence-electron chi connectivity index (χ2n) is 8.43. The third-order valence-corrected chi connectivity index (χ3v) is 6.45. The average molecular weight is 378 g/mol. The molecule has 28 heavy (non-hydrogen) atoms. The van der Waals surface area contributed by atoms with Gasteiger partial charge in [-0.25, -0.2) is 0 Å². The van der Waals surface area contributed by atoms with E-state index in [-0.39, 0.29) is 0 Å². The fourth-order valence-electron chi connectivity index (χ4n) is 5.15. The van der Waals surface area contributed by atoms with Gasteiger partial charge in [-0.3, -0.25) is 9.89 Å². The largest absolute Gasteiger partial charge is 0.384 e. The maximum absolute atomic E-state index is 11.4. The Labute approximate surface area is 167 Å². The fraction of sp³-hybridized carbons (Fsp3) is 0.458. The van der Waals surface area contributed by atoms with Gasteiger partial charge in [0.1, 0.15) is 5.60 Å². The molecular weight excluding hydrogens is 346 g/mol. The van der Waals surface area contributed by atoms with Crippen LogP contribution in [0.3, 0.4) is 0 Å². The molecule has 0 saturated carbocycles. The highest BCUT2D eigenvalue weighted by Crippen LogP contribution is 2.43. The Bertz CT molecular complexity index is 964. The standard InChI is InChI=1S/C24H31N3O/c1-5-18(10-12-25-4)24(3,28)16-27-21-9-8-17(2)15-20(21)19-11-14-26-13-6-7-22(26)23(19)27/h5,8-10,12,15,22,28H,4,6-7,11,13-14,16H2,1-3H3/b12-10-,18-5+. The van der Waals surface area contributed by atoms with Crippen molar-refractivity contribution in [1.82, 2.24) is 9.47 Å². The molecule has 2 atom stereocenters. The summed E-state index contributed by atoms with van der Waals surface area (Å²) in [5.41, 5.74) is 5.32. The molecule has 2 aromatic rings. The number of aromatic nitrogens is 1. The van der Waals surface area contributed by atoms with Crippen LogP contribution in [-0.4, -0.2) is 40.0 Å². The summed E-state index contributed by atoms with van der Waals surface area (Å²) in [7, 11) is 0. The number of nitrogens with zero attached hydrogens (tertiary/aromatic N) is 3. The van der Waals surface area contributed by atoms with E-state index in [1.165, 1.54) is 47.1 Å². The van der Waals surface area contributed by atoms with Crippen LogP contribution < -0.4 is 0 Å². The minimum atomic E-state index is -0.985. The van der Waals surface area contributed by atoms with E-state index in [0.717, 1.165) is 18.5 Å². The first-order chi connectivity index (χ1) is 13.5. The van der Waals surface area contributed by atoms with Gasteiger partial charge in [0.2, 0.25) is 0 Å². The average Bonchev–Trinajstić information content (AvgIpc) is 3.25. The Balaban J connectivity index is 1.86. The van der Waals surface area contributed by atoms with Crippen molar-refractivity contribution in [2.45, 2.75) is 58.2 Å². The van der Waals surface area contributed by atoms with Gasteiger partial charge in [-0.2, -0.15) is 0 Å². The van der Waals surface area contributed by atoms with Crippen LogP contribution in [0.15, 0.2) is 47.1 Å². The van der Waals surface area contributed by atoms with Gasteiger partial charge in [-0.05, 0) is 82.6 Å². The molecule has 0 spiro atoms. The minimum Gasteiger partial charge on any atom is -0.384 e. The molecule has 4 heteroatoms. The lowest BCUT2D eigenvalue weighted by molar-refractivity contribution is 0.0811. The van der Waals surface area contributed by atoms with Crippen molar-refractivity contribution < 1.29 is 5.11 Å². The van der Waals surface area contributed by atoms with Crippen LogP contribution in [0.2, 0.25) is 0 Å². The number of hydrogen-bond donors (Lipinski definition) is 1. The molecular formula is C24H31N3O. The lowest BCUT2D eigenvalue weighted by atomic mass is 9.94. The van der Waals surface area contributed by atoms with Gasteiger partial charge in [0.05, 0.1) is 12.6 Å². The Morgan fingerprint density at radius 2 is 2.21 bits per heavy atom. The summed E-state index contributed by atoms with van der Waals surface area (Å²) in [5, 5.41) is 12.8. The van der Waals surface area contributed by atoms with Crippen LogP contribution in [0, 0.1) is 6.92 Å². The van der Waals surface area contributed by atoms with Crippen molar-refractivity contribution in [2.24, 2.45) is 4.99 Å². The van der Waals surface area contributed by atoms with Gasteiger partial charge < -0.3 is 9.67 Å². The van der Waals surface area contributed by atoms with E-state index in [2.05, 4.69) is 46.3 Å². The molecule has 2 aliphatic rings. The highest BCUT2D eigenvalue weighted by molar-refractivity contribution is 5.87. The highest BCUT2D eigenvalue weighted by atomic mass is 16.3. The number of aliphatic hydroxyl groups is 1. The van der Waals surface area contributed by atoms with E-state index >= 15 is 0 Å². The molecule has 2 unspecified atom stereocenters. The van der Waals surface area contributed by atoms with Crippen molar-refractivity contribution in [3.05, 3.63) is 58.9 Å². The number of hydrogen-bond acceptors (Lipinski definition) is 3. The third kappa shape index (κ3) is 3.15. The number of aliphatic imine (C=N–C) groups is 1. The van der Waals surface area contributed by atoms with Crippen molar-refractivity contribution in [1.29, 1.82) is 0 Å². The smallest absolute Gasteiger partial charge is 0.104 e. The van der Waals surface area contributed by atoms with Crippen molar-refractivity contribution in [2.75, 3.05) is 13.1 Å². The maximum Gasteiger partial charge on any atom is 0.104 e. The molecule has 1 N–H and O–H groups in total. The van der Waals surface area contributed by atoms with Crippen LogP contribution in [-0.2, 0) is 13.0 Å². The summed E-state index contributed by atoms with van der Waals surface area (Å²) in [6.45, 7) is 12.4. The summed E-state index contributed by atoms with van der Waals surface area (Å²) in [6.07, 6.45) is 9.03. The normalized spacial score (nSPS) is 22.4. The summed E-state index contributed by atoms with van der Waals surface area (Å²) < 4.78 is 2.39. The first kappa shape index (κ1) is 19.2. The van der Waals surface area contributed by atoms with Gasteiger partial charge in [-0.1, -0.05) is 17.7 Å². The fourth-order valence-corrected chi connectivity index (χ4v) is 5.15. The second-order valence-corrected chi connectivity index (χ2v) is 8.43. The lowest BCUT2D eigenvalue weighted by Crippen LogP contribution is -2.36. The molecule has 1 aromatic heterocycles. The lowest BCUT2D eigenvalue weighted by Gasteiger charge is -2.34. The predicted octanol–water partition coefficient (Wildman–Crippen LogP) is 4.55. The van der Waals surface area contributed by atoms with Gasteiger partial charge in [0.25, 0.3) is 0 Å². The van der Waals surface area contributed by atoms with Gasteiger partial charge in [0, 0.05) is 29.3 Å². The molecule has 4 rings (SSSR count). The molecule has 1 saturated heterocycles. The molecule has 0 radical (unpaired) electrons. The van der Waals surface area contributed by atoms with Crippen molar-refractivity contribution in [3.63, 3.8) is 0 Å². The number of rotatable bonds is 5. The molecule has 0 aliphatic carbocycles. The molecule has 148 valence electrons. The van der Waals surface area contributed by atoms with E-state index in [4.69, 9.17) is 0 Å². The van der Waals surface area contributed by atoms with Crippen LogP contribution >= 0.6 is 0 Å². The first-order valence-electron chi connectivity index (χ1n) is 10.3. The number of allylic oxidation sites excluding steroid dienone is 1. The van der Waals surface area contributed by atoms with Gasteiger partial charge in [-0.15, -0.1) is 0 Å². The van der Waals surface area contributed by atoms with E-state index in [0.29, 0.717) is 12.6 Å². The highest BCUT2D eigenvalue weighted by Gasteiger charge is 2.37. The number of aryl methyl sites for hydroxylation is 1. The molecule has 2 aliphatic heterocycles.